The van der Waals surface area contributed by atoms with E-state index in [1.165, 1.54) is 0 Å². The molecule has 0 atom stereocenters. The van der Waals surface area contributed by atoms with Crippen LogP contribution in [0.4, 0.5) is 0 Å². The van der Waals surface area contributed by atoms with Crippen molar-refractivity contribution < 1.29 is 4.74 Å². The Bertz CT molecular complexity index is 230. The maximum Gasteiger partial charge on any atom is 0.0951 e. The van der Waals surface area contributed by atoms with Crippen LogP contribution < -0.4 is 0 Å². The molecule has 0 aromatic carbocycles. The van der Waals surface area contributed by atoms with E-state index in [9.17, 15) is 0 Å². The average Bonchev–Trinajstić information content (AvgIpc) is 2.48. The van der Waals surface area contributed by atoms with E-state index < -0.39 is 0 Å². The number of imidazole rings is 1. The van der Waals surface area contributed by atoms with Gasteiger partial charge >= 0.3 is 0 Å². The summed E-state index contributed by atoms with van der Waals surface area (Å²) in [4.78, 5) is 4.08. The van der Waals surface area contributed by atoms with Crippen molar-refractivity contribution in [1.82, 2.24) is 9.55 Å². The topological polar surface area (TPSA) is 27.1 Å². The lowest BCUT2D eigenvalue weighted by Gasteiger charge is -2.10. The van der Waals surface area contributed by atoms with Crippen LogP contribution in [0.1, 0.15) is 32.5 Å². The first-order valence-corrected chi connectivity index (χ1v) is 4.34. The van der Waals surface area contributed by atoms with Crippen molar-refractivity contribution in [1.29, 1.82) is 0 Å². The lowest BCUT2D eigenvalue weighted by Crippen LogP contribution is -2.05. The zero-order chi connectivity index (χ0) is 8.97. The predicted molar refractivity (Wildman–Crippen MR) is 47.9 cm³/mol. The van der Waals surface area contributed by atoms with Gasteiger partial charge in [-0.2, -0.15) is 0 Å². The lowest BCUT2D eigenvalue weighted by molar-refractivity contribution is 0.128. The van der Waals surface area contributed by atoms with Gasteiger partial charge < -0.3 is 9.30 Å². The lowest BCUT2D eigenvalue weighted by atomic mass is 10.3. The van der Waals surface area contributed by atoms with E-state index >= 15 is 0 Å². The van der Waals surface area contributed by atoms with Crippen LogP contribution in [-0.2, 0) is 11.3 Å². The molecule has 0 spiro atoms. The second kappa shape index (κ2) is 4.26. The highest BCUT2D eigenvalue weighted by Gasteiger charge is 2.03. The van der Waals surface area contributed by atoms with Crippen LogP contribution in [0, 0.1) is 0 Å². The first-order chi connectivity index (χ1) is 5.75. The molecule has 3 heteroatoms. The van der Waals surface area contributed by atoms with Gasteiger partial charge in [0.1, 0.15) is 0 Å². The molecule has 0 bridgehead atoms. The first-order valence-electron chi connectivity index (χ1n) is 4.34. The van der Waals surface area contributed by atoms with E-state index in [0.717, 1.165) is 12.3 Å². The van der Waals surface area contributed by atoms with Crippen molar-refractivity contribution in [3.8, 4) is 0 Å². The molecule has 1 aromatic heterocycles. The molecule has 68 valence electrons. The summed E-state index contributed by atoms with van der Waals surface area (Å²) in [5, 5.41) is 0. The van der Waals surface area contributed by atoms with Gasteiger partial charge in [0.15, 0.2) is 0 Å². The van der Waals surface area contributed by atoms with Crippen molar-refractivity contribution in [2.75, 3.05) is 6.61 Å². The summed E-state index contributed by atoms with van der Waals surface area (Å²) >= 11 is 0. The molecule has 1 heterocycles. The maximum atomic E-state index is 5.31. The van der Waals surface area contributed by atoms with Crippen molar-refractivity contribution in [2.24, 2.45) is 0 Å². The molecule has 0 N–H and O–H groups in total. The van der Waals surface area contributed by atoms with Gasteiger partial charge in [0.05, 0.1) is 24.8 Å². The number of aromatic nitrogens is 2. The number of rotatable bonds is 4. The van der Waals surface area contributed by atoms with E-state index in [1.807, 2.05) is 19.4 Å². The highest BCUT2D eigenvalue weighted by atomic mass is 16.5. The van der Waals surface area contributed by atoms with E-state index in [4.69, 9.17) is 4.74 Å². The normalized spacial score (nSPS) is 11.0. The molecule has 0 saturated carbocycles. The molecule has 0 radical (unpaired) electrons. The van der Waals surface area contributed by atoms with Gasteiger partial charge in [-0.25, -0.2) is 4.98 Å². The highest BCUT2D eigenvalue weighted by molar-refractivity contribution is 4.97. The van der Waals surface area contributed by atoms with Gasteiger partial charge in [0, 0.05) is 12.6 Å². The third kappa shape index (κ3) is 2.08. The summed E-state index contributed by atoms with van der Waals surface area (Å²) < 4.78 is 7.43. The molecule has 0 aliphatic heterocycles. The van der Waals surface area contributed by atoms with Crippen LogP contribution in [0.3, 0.4) is 0 Å². The van der Waals surface area contributed by atoms with Gasteiger partial charge in [-0.05, 0) is 20.8 Å². The van der Waals surface area contributed by atoms with Crippen LogP contribution in [-0.4, -0.2) is 16.2 Å². The maximum absolute atomic E-state index is 5.31. The Morgan fingerprint density at radius 3 is 2.92 bits per heavy atom. The monoisotopic (exact) mass is 168 g/mol. The van der Waals surface area contributed by atoms with Crippen molar-refractivity contribution >= 4 is 0 Å². The fourth-order valence-electron chi connectivity index (χ4n) is 1.12. The molecule has 0 amide bonds. The molecule has 1 rings (SSSR count). The Hall–Kier alpha value is -0.830. The summed E-state index contributed by atoms with van der Waals surface area (Å²) in [5.41, 5.74) is 1.15. The smallest absolute Gasteiger partial charge is 0.0951 e. The molecule has 0 unspecified atom stereocenters. The second-order valence-corrected chi connectivity index (χ2v) is 3.02. The third-order valence-electron chi connectivity index (χ3n) is 1.76. The number of hydrogen-bond acceptors (Lipinski definition) is 2. The van der Waals surface area contributed by atoms with Gasteiger partial charge in [-0.15, -0.1) is 0 Å². The SMILES string of the molecule is CCOCc1cncn1C(C)C. The Balaban J connectivity index is 2.64. The zero-order valence-electron chi connectivity index (χ0n) is 7.95. The minimum absolute atomic E-state index is 0.461. The van der Waals surface area contributed by atoms with Gasteiger partial charge in [0.2, 0.25) is 0 Å². The second-order valence-electron chi connectivity index (χ2n) is 3.02. The summed E-state index contributed by atoms with van der Waals surface area (Å²) in [6, 6.07) is 0.461. The Labute approximate surface area is 73.4 Å². The van der Waals surface area contributed by atoms with Crippen LogP contribution >= 0.6 is 0 Å². The first kappa shape index (κ1) is 9.26. The largest absolute Gasteiger partial charge is 0.375 e. The number of ether oxygens (including phenoxy) is 1. The molecule has 0 aliphatic rings. The zero-order valence-corrected chi connectivity index (χ0v) is 7.95. The van der Waals surface area contributed by atoms with Crippen LogP contribution in [0.15, 0.2) is 12.5 Å². The molecule has 0 saturated heterocycles. The highest BCUT2D eigenvalue weighted by Crippen LogP contribution is 2.09. The van der Waals surface area contributed by atoms with Crippen LogP contribution in [0.2, 0.25) is 0 Å². The molecule has 0 fully saturated rings. The Kier molecular flexibility index (Phi) is 3.29. The van der Waals surface area contributed by atoms with E-state index in [-0.39, 0.29) is 0 Å². The summed E-state index contributed by atoms with van der Waals surface area (Å²) in [5.74, 6) is 0. The standard InChI is InChI=1S/C9H16N2O/c1-4-12-6-9-5-10-7-11(9)8(2)3/h5,7-8H,4,6H2,1-3H3. The minimum Gasteiger partial charge on any atom is -0.375 e. The minimum atomic E-state index is 0.461. The average molecular weight is 168 g/mol. The van der Waals surface area contributed by atoms with Crippen molar-refractivity contribution in [3.63, 3.8) is 0 Å². The van der Waals surface area contributed by atoms with E-state index in [1.54, 1.807) is 0 Å². The number of nitrogens with zero attached hydrogens (tertiary/aromatic N) is 2. The summed E-state index contributed by atoms with van der Waals surface area (Å²) in [6.45, 7) is 7.68. The van der Waals surface area contributed by atoms with Crippen LogP contribution in [0.25, 0.3) is 0 Å². The molecule has 1 aromatic rings. The van der Waals surface area contributed by atoms with Gasteiger partial charge in [-0.1, -0.05) is 0 Å². The quantitative estimate of drug-likeness (QED) is 0.687. The summed E-state index contributed by atoms with van der Waals surface area (Å²) in [6.07, 6.45) is 3.70. The fraction of sp³-hybridized carbons (Fsp3) is 0.667. The Morgan fingerprint density at radius 2 is 2.33 bits per heavy atom. The molecular weight excluding hydrogens is 152 g/mol. The fourth-order valence-corrected chi connectivity index (χ4v) is 1.12. The molecule has 3 nitrogen and oxygen atoms in total. The van der Waals surface area contributed by atoms with E-state index in [0.29, 0.717) is 12.6 Å². The molecule has 12 heavy (non-hydrogen) atoms. The van der Waals surface area contributed by atoms with Gasteiger partial charge in [-0.3, -0.25) is 0 Å². The number of hydrogen-bond donors (Lipinski definition) is 0. The van der Waals surface area contributed by atoms with Crippen molar-refractivity contribution in [3.05, 3.63) is 18.2 Å². The van der Waals surface area contributed by atoms with Gasteiger partial charge in [0.25, 0.3) is 0 Å². The molecular formula is C9H16N2O. The van der Waals surface area contributed by atoms with Crippen LogP contribution in [0.5, 0.6) is 0 Å². The third-order valence-corrected chi connectivity index (χ3v) is 1.76. The predicted octanol–water partition coefficient (Wildman–Crippen LogP) is 2.00. The van der Waals surface area contributed by atoms with E-state index in [2.05, 4.69) is 23.4 Å². The summed E-state index contributed by atoms with van der Waals surface area (Å²) in [7, 11) is 0. The molecule has 0 aliphatic carbocycles. The van der Waals surface area contributed by atoms with Crippen molar-refractivity contribution in [2.45, 2.75) is 33.4 Å². The Morgan fingerprint density at radius 1 is 1.58 bits per heavy atom.